The Morgan fingerprint density at radius 1 is 1.08 bits per heavy atom. The minimum atomic E-state index is -0.463. The number of ether oxygens (including phenoxy) is 3. The van der Waals surface area contributed by atoms with Crippen LogP contribution in [0.25, 0.3) is 22.0 Å². The van der Waals surface area contributed by atoms with Crippen molar-refractivity contribution in [3.8, 4) is 22.6 Å². The summed E-state index contributed by atoms with van der Waals surface area (Å²) in [6, 6.07) is 7.56. The predicted octanol–water partition coefficient (Wildman–Crippen LogP) is 6.81. The smallest absolute Gasteiger partial charge is 0.410 e. The molecular formula is C28H31Cl2N3O4. The monoisotopic (exact) mass is 543 g/mol. The van der Waals surface area contributed by atoms with E-state index in [1.807, 2.05) is 50.1 Å². The van der Waals surface area contributed by atoms with Gasteiger partial charge in [-0.15, -0.1) is 0 Å². The number of amides is 1. The van der Waals surface area contributed by atoms with E-state index in [1.54, 1.807) is 20.3 Å². The van der Waals surface area contributed by atoms with Crippen molar-refractivity contribution in [3.05, 3.63) is 46.3 Å². The second-order valence-corrected chi connectivity index (χ2v) is 11.9. The number of methoxy groups -OCH3 is 2. The van der Waals surface area contributed by atoms with Gasteiger partial charge in [0, 0.05) is 48.1 Å². The first-order chi connectivity index (χ1) is 17.5. The molecule has 5 rings (SSSR count). The van der Waals surface area contributed by atoms with E-state index in [0.717, 1.165) is 54.6 Å². The summed E-state index contributed by atoms with van der Waals surface area (Å²) in [6.45, 7) is 7.24. The van der Waals surface area contributed by atoms with Crippen LogP contribution in [0.4, 0.5) is 4.79 Å². The molecule has 3 aromatic rings. The number of carbonyl (C=O) groups excluding carboxylic acids is 1. The van der Waals surface area contributed by atoms with Crippen LogP contribution in [-0.4, -0.2) is 53.9 Å². The third-order valence-corrected chi connectivity index (χ3v) is 7.86. The van der Waals surface area contributed by atoms with Crippen molar-refractivity contribution < 1.29 is 19.0 Å². The number of halogens is 2. The summed E-state index contributed by atoms with van der Waals surface area (Å²) in [5, 5.41) is 1.74. The van der Waals surface area contributed by atoms with Crippen molar-refractivity contribution in [2.24, 2.45) is 11.3 Å². The molecule has 1 saturated heterocycles. The van der Waals surface area contributed by atoms with Crippen LogP contribution in [0, 0.1) is 11.3 Å². The minimum Gasteiger partial charge on any atom is -0.495 e. The van der Waals surface area contributed by atoms with Crippen LogP contribution in [0.1, 0.15) is 39.4 Å². The average molecular weight is 544 g/mol. The predicted molar refractivity (Wildman–Crippen MR) is 145 cm³/mol. The highest BCUT2D eigenvalue weighted by molar-refractivity contribution is 6.41. The summed E-state index contributed by atoms with van der Waals surface area (Å²) >= 11 is 13.2. The Bertz CT molecular complexity index is 1330. The van der Waals surface area contributed by atoms with Gasteiger partial charge in [0.05, 0.1) is 29.8 Å². The summed E-state index contributed by atoms with van der Waals surface area (Å²) in [5.74, 6) is 2.34. The lowest BCUT2D eigenvalue weighted by atomic mass is 9.57. The summed E-state index contributed by atoms with van der Waals surface area (Å²) in [7, 11) is 3.11. The zero-order valence-corrected chi connectivity index (χ0v) is 23.2. The molecule has 0 unspecified atom stereocenters. The normalized spacial score (nSPS) is 16.9. The molecule has 1 aromatic heterocycles. The van der Waals surface area contributed by atoms with E-state index in [2.05, 4.69) is 4.98 Å². The van der Waals surface area contributed by atoms with Crippen LogP contribution in [0.5, 0.6) is 11.5 Å². The van der Waals surface area contributed by atoms with E-state index in [0.29, 0.717) is 33.0 Å². The van der Waals surface area contributed by atoms with Gasteiger partial charge in [-0.2, -0.15) is 0 Å². The van der Waals surface area contributed by atoms with E-state index in [4.69, 9.17) is 42.4 Å². The summed E-state index contributed by atoms with van der Waals surface area (Å²) in [4.78, 5) is 23.5. The fraction of sp³-hybridized carbons (Fsp3) is 0.464. The van der Waals surface area contributed by atoms with E-state index in [1.165, 1.54) is 0 Å². The maximum absolute atomic E-state index is 12.2. The molecule has 1 spiro atoms. The first kappa shape index (κ1) is 25.9. The third-order valence-electron chi connectivity index (χ3n) is 7.11. The molecule has 2 aliphatic rings. The molecule has 0 atom stereocenters. The zero-order valence-electron chi connectivity index (χ0n) is 21.7. The Kier molecular flexibility index (Phi) is 6.65. The molecule has 1 aliphatic carbocycles. The topological polar surface area (TPSA) is 73.8 Å². The Balaban J connectivity index is 1.26. The zero-order chi connectivity index (χ0) is 26.5. The standard InChI is InChI=1S/C28H31Cl2N3O4/c1-27(2,3)37-26(34)33-14-28(15-33)11-16(12-28)8-22-31-13-18-9-17(6-7-19(18)32-22)23-24(29)20(35-4)10-21(36-5)25(23)30/h6-7,9-10,13,16H,8,11-12,14-15H2,1-5H3. The lowest BCUT2D eigenvalue weighted by Gasteiger charge is -2.58. The van der Waals surface area contributed by atoms with Crippen LogP contribution in [0.2, 0.25) is 10.0 Å². The lowest BCUT2D eigenvalue weighted by Crippen LogP contribution is -2.64. The highest BCUT2D eigenvalue weighted by Crippen LogP contribution is 2.53. The molecule has 37 heavy (non-hydrogen) atoms. The van der Waals surface area contributed by atoms with Gasteiger partial charge in [-0.3, -0.25) is 0 Å². The van der Waals surface area contributed by atoms with Crippen LogP contribution in [0.15, 0.2) is 30.5 Å². The van der Waals surface area contributed by atoms with Gasteiger partial charge in [-0.05, 0) is 57.2 Å². The van der Waals surface area contributed by atoms with Gasteiger partial charge in [0.25, 0.3) is 0 Å². The molecule has 7 nitrogen and oxygen atoms in total. The maximum Gasteiger partial charge on any atom is 0.410 e. The highest BCUT2D eigenvalue weighted by Gasteiger charge is 2.54. The van der Waals surface area contributed by atoms with Crippen molar-refractivity contribution in [1.82, 2.24) is 14.9 Å². The molecule has 0 N–H and O–H groups in total. The van der Waals surface area contributed by atoms with Gasteiger partial charge in [0.15, 0.2) is 0 Å². The van der Waals surface area contributed by atoms with Crippen molar-refractivity contribution in [1.29, 1.82) is 0 Å². The maximum atomic E-state index is 12.2. The number of fused-ring (bicyclic) bond motifs is 1. The SMILES string of the molecule is COc1cc(OC)c(Cl)c(-c2ccc3nc(CC4CC5(C4)CN(C(=O)OC(C)(C)C)C5)ncc3c2)c1Cl. The molecule has 196 valence electrons. The van der Waals surface area contributed by atoms with Gasteiger partial charge < -0.3 is 19.1 Å². The molecule has 0 radical (unpaired) electrons. The Morgan fingerprint density at radius 3 is 2.32 bits per heavy atom. The molecule has 1 aliphatic heterocycles. The molecular weight excluding hydrogens is 513 g/mol. The fourth-order valence-corrected chi connectivity index (χ4v) is 6.23. The summed E-state index contributed by atoms with van der Waals surface area (Å²) in [6.07, 6.45) is 4.63. The molecule has 9 heteroatoms. The molecule has 2 fully saturated rings. The molecule has 2 aromatic carbocycles. The Hall–Kier alpha value is -2.77. The average Bonchev–Trinajstić information content (AvgIpc) is 2.78. The van der Waals surface area contributed by atoms with Crippen molar-refractivity contribution in [2.45, 2.75) is 45.6 Å². The molecule has 1 amide bonds. The van der Waals surface area contributed by atoms with Gasteiger partial charge in [-0.1, -0.05) is 29.3 Å². The fourth-order valence-electron chi connectivity index (χ4n) is 5.51. The number of aromatic nitrogens is 2. The van der Waals surface area contributed by atoms with Crippen molar-refractivity contribution >= 4 is 40.2 Å². The molecule has 2 heterocycles. The van der Waals surface area contributed by atoms with Gasteiger partial charge in [0.2, 0.25) is 0 Å². The number of likely N-dealkylation sites (tertiary alicyclic amines) is 1. The van der Waals surface area contributed by atoms with E-state index >= 15 is 0 Å². The number of hydrogen-bond acceptors (Lipinski definition) is 6. The van der Waals surface area contributed by atoms with Crippen LogP contribution >= 0.6 is 23.2 Å². The number of rotatable bonds is 5. The summed E-state index contributed by atoms with van der Waals surface area (Å²) < 4.78 is 16.3. The first-order valence-corrected chi connectivity index (χ1v) is 13.1. The van der Waals surface area contributed by atoms with E-state index in [9.17, 15) is 4.79 Å². The number of hydrogen-bond donors (Lipinski definition) is 0. The summed E-state index contributed by atoms with van der Waals surface area (Å²) in [5.41, 5.74) is 2.12. The van der Waals surface area contributed by atoms with Crippen LogP contribution in [-0.2, 0) is 11.2 Å². The quantitative estimate of drug-likeness (QED) is 0.351. The lowest BCUT2D eigenvalue weighted by molar-refractivity contribution is -0.0950. The highest BCUT2D eigenvalue weighted by atomic mass is 35.5. The van der Waals surface area contributed by atoms with E-state index < -0.39 is 5.60 Å². The second kappa shape index (κ2) is 9.52. The van der Waals surface area contributed by atoms with Gasteiger partial charge >= 0.3 is 6.09 Å². The van der Waals surface area contributed by atoms with Crippen molar-refractivity contribution in [3.63, 3.8) is 0 Å². The van der Waals surface area contributed by atoms with Gasteiger partial charge in [0.1, 0.15) is 22.9 Å². The molecule has 0 bridgehead atoms. The number of carbonyl (C=O) groups is 1. The minimum absolute atomic E-state index is 0.214. The van der Waals surface area contributed by atoms with Crippen LogP contribution < -0.4 is 9.47 Å². The second-order valence-electron chi connectivity index (χ2n) is 11.2. The number of benzene rings is 2. The Morgan fingerprint density at radius 2 is 1.73 bits per heavy atom. The van der Waals surface area contributed by atoms with Gasteiger partial charge in [-0.25, -0.2) is 14.8 Å². The Labute approximate surface area is 227 Å². The van der Waals surface area contributed by atoms with Crippen molar-refractivity contribution in [2.75, 3.05) is 27.3 Å². The third kappa shape index (κ3) is 5.04. The largest absolute Gasteiger partial charge is 0.495 e. The van der Waals surface area contributed by atoms with Crippen LogP contribution in [0.3, 0.4) is 0 Å². The van der Waals surface area contributed by atoms with E-state index in [-0.39, 0.29) is 11.5 Å². The first-order valence-electron chi connectivity index (χ1n) is 12.3. The molecule has 1 saturated carbocycles. The number of nitrogens with zero attached hydrogens (tertiary/aromatic N) is 3.